The Morgan fingerprint density at radius 2 is 1.85 bits per heavy atom. The molecule has 1 aromatic heterocycles. The topological polar surface area (TPSA) is 28.2 Å². The van der Waals surface area contributed by atoms with Gasteiger partial charge < -0.3 is 10.2 Å². The summed E-state index contributed by atoms with van der Waals surface area (Å²) in [6.45, 7) is 2.14. The fourth-order valence-corrected chi connectivity index (χ4v) is 2.84. The summed E-state index contributed by atoms with van der Waals surface area (Å²) < 4.78 is 0. The average Bonchev–Trinajstić information content (AvgIpc) is 2.49. The van der Waals surface area contributed by atoms with Gasteiger partial charge in [0.15, 0.2) is 0 Å². The summed E-state index contributed by atoms with van der Waals surface area (Å²) in [7, 11) is 0. The number of benzene rings is 1. The van der Waals surface area contributed by atoms with E-state index in [1.54, 1.807) is 0 Å². The van der Waals surface area contributed by atoms with Crippen LogP contribution in [0.25, 0.3) is 0 Å². The number of anilines is 2. The monoisotopic (exact) mass is 287 g/mol. The lowest BCUT2D eigenvalue weighted by Crippen LogP contribution is -2.39. The maximum atomic E-state index is 6.01. The van der Waals surface area contributed by atoms with Crippen LogP contribution in [0.2, 0.25) is 5.02 Å². The molecule has 1 saturated heterocycles. The number of aromatic nitrogens is 1. The number of halogens is 1. The second-order valence-corrected chi connectivity index (χ2v) is 5.56. The fourth-order valence-electron chi connectivity index (χ4n) is 2.65. The molecule has 4 heteroatoms. The molecule has 1 fully saturated rings. The van der Waals surface area contributed by atoms with Crippen molar-refractivity contribution in [3.05, 3.63) is 53.8 Å². The van der Waals surface area contributed by atoms with Crippen molar-refractivity contribution >= 4 is 23.0 Å². The third-order valence-electron chi connectivity index (χ3n) is 3.72. The maximum absolute atomic E-state index is 6.01. The van der Waals surface area contributed by atoms with Gasteiger partial charge in [0.1, 0.15) is 0 Å². The van der Waals surface area contributed by atoms with E-state index in [0.29, 0.717) is 6.04 Å². The van der Waals surface area contributed by atoms with Gasteiger partial charge in [-0.15, -0.1) is 0 Å². The normalized spacial score (nSPS) is 16.1. The van der Waals surface area contributed by atoms with Crippen LogP contribution >= 0.6 is 11.6 Å². The largest absolute Gasteiger partial charge is 0.382 e. The summed E-state index contributed by atoms with van der Waals surface area (Å²) >= 11 is 6.01. The van der Waals surface area contributed by atoms with Crippen LogP contribution in [0.4, 0.5) is 11.4 Å². The lowest BCUT2D eigenvalue weighted by molar-refractivity contribution is 0.526. The number of pyridine rings is 1. The molecule has 3 nitrogen and oxygen atoms in total. The third-order valence-corrected chi connectivity index (χ3v) is 3.95. The van der Waals surface area contributed by atoms with Crippen molar-refractivity contribution in [3.8, 4) is 0 Å². The van der Waals surface area contributed by atoms with Crippen molar-refractivity contribution < 1.29 is 0 Å². The van der Waals surface area contributed by atoms with Crippen LogP contribution in [0.1, 0.15) is 12.8 Å². The summed E-state index contributed by atoms with van der Waals surface area (Å²) in [6, 6.07) is 12.6. The van der Waals surface area contributed by atoms with Gasteiger partial charge in [-0.3, -0.25) is 4.98 Å². The van der Waals surface area contributed by atoms with Crippen molar-refractivity contribution in [1.82, 2.24) is 4.98 Å². The number of nitrogens with zero attached hydrogens (tertiary/aromatic N) is 2. The van der Waals surface area contributed by atoms with Crippen LogP contribution in [-0.2, 0) is 0 Å². The van der Waals surface area contributed by atoms with Gasteiger partial charge in [-0.05, 0) is 43.2 Å². The lowest BCUT2D eigenvalue weighted by atomic mass is 10.0. The highest BCUT2D eigenvalue weighted by Gasteiger charge is 2.19. The molecule has 0 bridgehead atoms. The Balaban J connectivity index is 1.56. The van der Waals surface area contributed by atoms with Crippen molar-refractivity contribution in [1.29, 1.82) is 0 Å². The van der Waals surface area contributed by atoms with E-state index >= 15 is 0 Å². The highest BCUT2D eigenvalue weighted by atomic mass is 35.5. The molecule has 2 heterocycles. The molecular weight excluding hydrogens is 270 g/mol. The van der Waals surface area contributed by atoms with Gasteiger partial charge in [0.2, 0.25) is 0 Å². The number of hydrogen-bond donors (Lipinski definition) is 1. The van der Waals surface area contributed by atoms with E-state index in [4.69, 9.17) is 11.6 Å². The SMILES string of the molecule is Clc1cccc(NC2CCN(c3ccncc3)CC2)c1. The Kier molecular flexibility index (Phi) is 4.07. The molecule has 0 unspecified atom stereocenters. The minimum atomic E-state index is 0.520. The van der Waals surface area contributed by atoms with Crippen molar-refractivity contribution in [2.75, 3.05) is 23.3 Å². The minimum Gasteiger partial charge on any atom is -0.382 e. The number of nitrogens with one attached hydrogen (secondary N) is 1. The maximum Gasteiger partial charge on any atom is 0.0426 e. The molecule has 0 aliphatic carbocycles. The predicted octanol–water partition coefficient (Wildman–Crippen LogP) is 3.82. The van der Waals surface area contributed by atoms with Crippen LogP contribution in [-0.4, -0.2) is 24.1 Å². The fraction of sp³-hybridized carbons (Fsp3) is 0.312. The Bertz CT molecular complexity index is 551. The molecule has 1 aromatic carbocycles. The van der Waals surface area contributed by atoms with Crippen molar-refractivity contribution in [2.24, 2.45) is 0 Å². The zero-order valence-electron chi connectivity index (χ0n) is 11.3. The first kappa shape index (κ1) is 13.3. The Hall–Kier alpha value is -1.74. The molecule has 0 radical (unpaired) electrons. The smallest absolute Gasteiger partial charge is 0.0426 e. The number of piperidine rings is 1. The van der Waals surface area contributed by atoms with E-state index in [9.17, 15) is 0 Å². The molecule has 1 aliphatic rings. The van der Waals surface area contributed by atoms with Crippen LogP contribution in [0, 0.1) is 0 Å². The Morgan fingerprint density at radius 1 is 1.10 bits per heavy atom. The number of rotatable bonds is 3. The van der Waals surface area contributed by atoms with E-state index in [0.717, 1.165) is 36.6 Å². The summed E-state index contributed by atoms with van der Waals surface area (Å²) in [5.74, 6) is 0. The zero-order valence-corrected chi connectivity index (χ0v) is 12.1. The van der Waals surface area contributed by atoms with E-state index in [1.165, 1.54) is 5.69 Å². The molecular formula is C16H18ClN3. The van der Waals surface area contributed by atoms with Crippen LogP contribution < -0.4 is 10.2 Å². The van der Waals surface area contributed by atoms with E-state index in [1.807, 2.05) is 30.6 Å². The third kappa shape index (κ3) is 3.23. The summed E-state index contributed by atoms with van der Waals surface area (Å²) in [5, 5.41) is 4.35. The molecule has 0 amide bonds. The second-order valence-electron chi connectivity index (χ2n) is 5.12. The summed E-state index contributed by atoms with van der Waals surface area (Å²) in [5.41, 5.74) is 2.38. The van der Waals surface area contributed by atoms with Gasteiger partial charge in [0, 0.05) is 47.9 Å². The van der Waals surface area contributed by atoms with Gasteiger partial charge in [0.05, 0.1) is 0 Å². The van der Waals surface area contributed by atoms with E-state index in [-0.39, 0.29) is 0 Å². The molecule has 0 saturated carbocycles. The van der Waals surface area contributed by atoms with Crippen LogP contribution in [0.3, 0.4) is 0 Å². The molecule has 20 heavy (non-hydrogen) atoms. The molecule has 0 spiro atoms. The highest BCUT2D eigenvalue weighted by Crippen LogP contribution is 2.22. The van der Waals surface area contributed by atoms with Gasteiger partial charge in [-0.1, -0.05) is 17.7 Å². The highest BCUT2D eigenvalue weighted by molar-refractivity contribution is 6.30. The Morgan fingerprint density at radius 3 is 2.55 bits per heavy atom. The lowest BCUT2D eigenvalue weighted by Gasteiger charge is -2.34. The number of hydrogen-bond acceptors (Lipinski definition) is 3. The van der Waals surface area contributed by atoms with Crippen molar-refractivity contribution in [3.63, 3.8) is 0 Å². The first-order valence-corrected chi connectivity index (χ1v) is 7.36. The quantitative estimate of drug-likeness (QED) is 0.930. The van der Waals surface area contributed by atoms with Gasteiger partial charge in [-0.25, -0.2) is 0 Å². The molecule has 1 aliphatic heterocycles. The molecule has 1 N–H and O–H groups in total. The second kappa shape index (κ2) is 6.14. The summed E-state index contributed by atoms with van der Waals surface area (Å²) in [6.07, 6.45) is 5.97. The average molecular weight is 288 g/mol. The first-order valence-electron chi connectivity index (χ1n) is 6.98. The van der Waals surface area contributed by atoms with Gasteiger partial charge in [-0.2, -0.15) is 0 Å². The molecule has 104 valence electrons. The standard InChI is InChI=1S/C16H18ClN3/c17-13-2-1-3-15(12-13)19-14-6-10-20(11-7-14)16-4-8-18-9-5-16/h1-5,8-9,12,14,19H,6-7,10-11H2. The minimum absolute atomic E-state index is 0.520. The first-order chi connectivity index (χ1) is 9.81. The van der Waals surface area contributed by atoms with Gasteiger partial charge in [0.25, 0.3) is 0 Å². The molecule has 3 rings (SSSR count). The van der Waals surface area contributed by atoms with Crippen LogP contribution in [0.5, 0.6) is 0 Å². The predicted molar refractivity (Wildman–Crippen MR) is 84.5 cm³/mol. The summed E-state index contributed by atoms with van der Waals surface area (Å²) in [4.78, 5) is 6.48. The zero-order chi connectivity index (χ0) is 13.8. The van der Waals surface area contributed by atoms with Gasteiger partial charge >= 0.3 is 0 Å². The Labute approximate surface area is 124 Å². The molecule has 2 aromatic rings. The van der Waals surface area contributed by atoms with Crippen LogP contribution in [0.15, 0.2) is 48.8 Å². The van der Waals surface area contributed by atoms with Crippen molar-refractivity contribution in [2.45, 2.75) is 18.9 Å². The molecule has 0 atom stereocenters. The van der Waals surface area contributed by atoms with E-state index in [2.05, 4.69) is 33.4 Å². The van der Waals surface area contributed by atoms with E-state index < -0.39 is 0 Å².